The van der Waals surface area contributed by atoms with E-state index in [1.165, 1.54) is 0 Å². The molecule has 0 saturated carbocycles. The van der Waals surface area contributed by atoms with E-state index >= 15 is 0 Å². The molecule has 0 spiro atoms. The summed E-state index contributed by atoms with van der Waals surface area (Å²) in [6.07, 6.45) is 1.14. The summed E-state index contributed by atoms with van der Waals surface area (Å²) in [7, 11) is 0. The van der Waals surface area contributed by atoms with Crippen molar-refractivity contribution in [1.29, 1.82) is 0 Å². The van der Waals surface area contributed by atoms with Crippen LogP contribution in [0.15, 0.2) is 22.7 Å². The van der Waals surface area contributed by atoms with Crippen LogP contribution in [0, 0.1) is 5.92 Å². The Morgan fingerprint density at radius 2 is 2.06 bits per heavy atom. The van der Waals surface area contributed by atoms with E-state index in [1.807, 2.05) is 12.1 Å². The number of halogens is 2. The Morgan fingerprint density at radius 1 is 1.38 bits per heavy atom. The summed E-state index contributed by atoms with van der Waals surface area (Å²) in [5, 5.41) is 4.37. The Kier molecular flexibility index (Phi) is 5.81. The fourth-order valence-corrected chi connectivity index (χ4v) is 2.50. The first-order valence-corrected chi connectivity index (χ1v) is 6.89. The molecule has 0 aliphatic rings. The summed E-state index contributed by atoms with van der Waals surface area (Å²) in [4.78, 5) is 0. The average molecular weight is 305 g/mol. The third-order valence-corrected chi connectivity index (χ3v) is 3.66. The van der Waals surface area contributed by atoms with Crippen molar-refractivity contribution in [2.75, 3.05) is 0 Å². The van der Waals surface area contributed by atoms with Gasteiger partial charge in [-0.3, -0.25) is 0 Å². The molecule has 0 saturated heterocycles. The maximum atomic E-state index is 6.17. The van der Waals surface area contributed by atoms with Gasteiger partial charge in [-0.2, -0.15) is 0 Å². The fraction of sp³-hybridized carbons (Fsp3) is 0.538. The van der Waals surface area contributed by atoms with Crippen LogP contribution in [-0.2, 0) is 6.54 Å². The second-order valence-corrected chi connectivity index (χ2v) is 5.70. The summed E-state index contributed by atoms with van der Waals surface area (Å²) >= 11 is 9.57. The highest BCUT2D eigenvalue weighted by Crippen LogP contribution is 2.21. The highest BCUT2D eigenvalue weighted by atomic mass is 79.9. The van der Waals surface area contributed by atoms with E-state index in [0.717, 1.165) is 28.0 Å². The Hall–Kier alpha value is -0.0500. The van der Waals surface area contributed by atoms with Gasteiger partial charge < -0.3 is 5.32 Å². The van der Waals surface area contributed by atoms with Crippen molar-refractivity contribution in [3.63, 3.8) is 0 Å². The minimum absolute atomic E-state index is 0.555. The van der Waals surface area contributed by atoms with Crippen LogP contribution in [0.5, 0.6) is 0 Å². The molecule has 1 unspecified atom stereocenters. The summed E-state index contributed by atoms with van der Waals surface area (Å²) in [5.74, 6) is 0.652. The molecular formula is C13H19BrClN. The standard InChI is InChI=1S/C13H19BrClN/c1-4-13(9(2)3)16-8-10-5-6-11(14)7-12(10)15/h5-7,9,13,16H,4,8H2,1-3H3. The van der Waals surface area contributed by atoms with Gasteiger partial charge in [0.2, 0.25) is 0 Å². The van der Waals surface area contributed by atoms with Crippen molar-refractivity contribution in [2.45, 2.75) is 39.8 Å². The van der Waals surface area contributed by atoms with E-state index < -0.39 is 0 Å². The lowest BCUT2D eigenvalue weighted by atomic mass is 10.0. The lowest BCUT2D eigenvalue weighted by molar-refractivity contribution is 0.387. The van der Waals surface area contributed by atoms with Crippen LogP contribution in [-0.4, -0.2) is 6.04 Å². The topological polar surface area (TPSA) is 12.0 Å². The summed E-state index contributed by atoms with van der Waals surface area (Å²) in [6.45, 7) is 7.53. The van der Waals surface area contributed by atoms with Crippen molar-refractivity contribution in [1.82, 2.24) is 5.32 Å². The third-order valence-electron chi connectivity index (χ3n) is 2.81. The van der Waals surface area contributed by atoms with E-state index in [1.54, 1.807) is 0 Å². The van der Waals surface area contributed by atoms with Crippen molar-refractivity contribution >= 4 is 27.5 Å². The maximum Gasteiger partial charge on any atom is 0.0462 e. The first kappa shape index (κ1) is 14.0. The van der Waals surface area contributed by atoms with Gasteiger partial charge in [0.05, 0.1) is 0 Å². The molecule has 90 valence electrons. The zero-order chi connectivity index (χ0) is 12.1. The molecule has 0 bridgehead atoms. The molecule has 1 aromatic rings. The van der Waals surface area contributed by atoms with Gasteiger partial charge in [-0.25, -0.2) is 0 Å². The first-order valence-electron chi connectivity index (χ1n) is 5.72. The van der Waals surface area contributed by atoms with Crippen molar-refractivity contribution in [2.24, 2.45) is 5.92 Å². The molecule has 16 heavy (non-hydrogen) atoms. The molecule has 0 radical (unpaired) electrons. The number of nitrogens with one attached hydrogen (secondary N) is 1. The van der Waals surface area contributed by atoms with Crippen molar-refractivity contribution < 1.29 is 0 Å². The highest BCUT2D eigenvalue weighted by molar-refractivity contribution is 9.10. The van der Waals surface area contributed by atoms with Crippen molar-refractivity contribution in [3.8, 4) is 0 Å². The van der Waals surface area contributed by atoms with E-state index in [9.17, 15) is 0 Å². The SMILES string of the molecule is CCC(NCc1ccc(Br)cc1Cl)C(C)C. The predicted octanol–water partition coefficient (Wildman–Crippen LogP) is 4.63. The highest BCUT2D eigenvalue weighted by Gasteiger charge is 2.10. The normalized spacial score (nSPS) is 13.1. The Balaban J connectivity index is 2.60. The zero-order valence-corrected chi connectivity index (χ0v) is 12.4. The minimum atomic E-state index is 0.555. The largest absolute Gasteiger partial charge is 0.310 e. The maximum absolute atomic E-state index is 6.17. The lowest BCUT2D eigenvalue weighted by Crippen LogP contribution is -2.32. The molecule has 0 amide bonds. The van der Waals surface area contributed by atoms with Gasteiger partial charge in [0.15, 0.2) is 0 Å². The molecule has 0 aliphatic heterocycles. The van der Waals surface area contributed by atoms with Gasteiger partial charge in [-0.05, 0) is 30.0 Å². The second-order valence-electron chi connectivity index (χ2n) is 4.38. The molecule has 1 rings (SSSR count). The molecule has 0 aliphatic carbocycles. The molecule has 1 aromatic carbocycles. The van der Waals surface area contributed by atoms with Gasteiger partial charge in [0, 0.05) is 22.1 Å². The Bertz CT molecular complexity index is 339. The van der Waals surface area contributed by atoms with Crippen molar-refractivity contribution in [3.05, 3.63) is 33.3 Å². The van der Waals surface area contributed by atoms with Crippen LogP contribution in [0.3, 0.4) is 0 Å². The summed E-state index contributed by atoms with van der Waals surface area (Å²) < 4.78 is 1.03. The Morgan fingerprint density at radius 3 is 2.56 bits per heavy atom. The fourth-order valence-electron chi connectivity index (χ4n) is 1.76. The van der Waals surface area contributed by atoms with Gasteiger partial charge in [0.25, 0.3) is 0 Å². The van der Waals surface area contributed by atoms with Crippen LogP contribution in [0.25, 0.3) is 0 Å². The Labute approximate surface area is 112 Å². The van der Waals surface area contributed by atoms with Gasteiger partial charge in [-0.1, -0.05) is 54.4 Å². The molecule has 0 heterocycles. The van der Waals surface area contributed by atoms with Crippen LogP contribution < -0.4 is 5.32 Å². The third kappa shape index (κ3) is 4.08. The molecule has 1 nitrogen and oxygen atoms in total. The smallest absolute Gasteiger partial charge is 0.0462 e. The van der Waals surface area contributed by atoms with Crippen LogP contribution in [0.1, 0.15) is 32.8 Å². The molecule has 1 N–H and O–H groups in total. The second kappa shape index (κ2) is 6.63. The molecule has 0 aromatic heterocycles. The van der Waals surface area contributed by atoms with Crippen LogP contribution >= 0.6 is 27.5 Å². The van der Waals surface area contributed by atoms with E-state index in [0.29, 0.717) is 12.0 Å². The molecular weight excluding hydrogens is 286 g/mol. The monoisotopic (exact) mass is 303 g/mol. The van der Waals surface area contributed by atoms with E-state index in [-0.39, 0.29) is 0 Å². The van der Waals surface area contributed by atoms with Gasteiger partial charge in [0.1, 0.15) is 0 Å². The summed E-state index contributed by atoms with van der Waals surface area (Å²) in [6, 6.07) is 6.58. The first-order chi connectivity index (χ1) is 7.54. The van der Waals surface area contributed by atoms with E-state index in [4.69, 9.17) is 11.6 Å². The van der Waals surface area contributed by atoms with Crippen LogP contribution in [0.4, 0.5) is 0 Å². The minimum Gasteiger partial charge on any atom is -0.310 e. The van der Waals surface area contributed by atoms with Gasteiger partial charge >= 0.3 is 0 Å². The number of hydrogen-bond donors (Lipinski definition) is 1. The van der Waals surface area contributed by atoms with Gasteiger partial charge in [-0.15, -0.1) is 0 Å². The predicted molar refractivity (Wildman–Crippen MR) is 74.9 cm³/mol. The summed E-state index contributed by atoms with van der Waals surface area (Å²) in [5.41, 5.74) is 1.16. The zero-order valence-electron chi connectivity index (χ0n) is 10.1. The molecule has 1 atom stereocenters. The average Bonchev–Trinajstić information content (AvgIpc) is 2.21. The van der Waals surface area contributed by atoms with E-state index in [2.05, 4.69) is 48.1 Å². The number of benzene rings is 1. The quantitative estimate of drug-likeness (QED) is 0.836. The number of hydrogen-bond acceptors (Lipinski definition) is 1. The van der Waals surface area contributed by atoms with Crippen LogP contribution in [0.2, 0.25) is 5.02 Å². The number of rotatable bonds is 5. The lowest BCUT2D eigenvalue weighted by Gasteiger charge is -2.21. The molecule has 0 fully saturated rings. The molecule has 3 heteroatoms.